The number of nitrogens with zero attached hydrogens (tertiary/aromatic N) is 1. The van der Waals surface area contributed by atoms with Crippen molar-refractivity contribution in [1.29, 1.82) is 5.41 Å². The van der Waals surface area contributed by atoms with Gasteiger partial charge in [0.2, 0.25) is 5.90 Å². The zero-order valence-corrected chi connectivity index (χ0v) is 16.2. The average Bonchev–Trinajstić information content (AvgIpc) is 2.65. The predicted octanol–water partition coefficient (Wildman–Crippen LogP) is 1.43. The van der Waals surface area contributed by atoms with E-state index in [0.717, 1.165) is 18.3 Å². The quantitative estimate of drug-likeness (QED) is 0.331. The summed E-state index contributed by atoms with van der Waals surface area (Å²) < 4.78 is 60.9. The van der Waals surface area contributed by atoms with E-state index < -0.39 is 39.0 Å². The number of rotatable bonds is 7. The third kappa shape index (κ3) is 5.14. The first-order chi connectivity index (χ1) is 13.6. The molecule has 29 heavy (non-hydrogen) atoms. The Bertz CT molecular complexity index is 1060. The van der Waals surface area contributed by atoms with Crippen molar-refractivity contribution in [2.24, 2.45) is 0 Å². The van der Waals surface area contributed by atoms with E-state index in [0.29, 0.717) is 0 Å². The Labute approximate surface area is 165 Å². The van der Waals surface area contributed by atoms with E-state index in [-0.39, 0.29) is 29.5 Å². The van der Waals surface area contributed by atoms with E-state index in [4.69, 9.17) is 15.9 Å². The maximum atomic E-state index is 14.6. The molecular weight excluding hydrogens is 410 g/mol. The van der Waals surface area contributed by atoms with Gasteiger partial charge < -0.3 is 15.8 Å². The van der Waals surface area contributed by atoms with Crippen LogP contribution in [0.15, 0.2) is 24.4 Å². The van der Waals surface area contributed by atoms with Crippen LogP contribution in [0.25, 0.3) is 0 Å². The number of carbonyl (C=O) groups excluding carboxylic acids is 1. The van der Waals surface area contributed by atoms with Gasteiger partial charge in [0.25, 0.3) is 16.1 Å². The number of aromatic nitrogens is 1. The molecule has 10 nitrogen and oxygen atoms in total. The van der Waals surface area contributed by atoms with Gasteiger partial charge in [-0.25, -0.2) is 13.8 Å². The molecule has 2 aromatic rings. The topological polar surface area (TPSA) is 159 Å². The maximum Gasteiger partial charge on any atom is 0.299 e. The third-order valence-electron chi connectivity index (χ3n) is 3.52. The zero-order chi connectivity index (χ0) is 21.8. The lowest BCUT2D eigenvalue weighted by atomic mass is 10.1. The molecule has 156 valence electrons. The zero-order valence-electron chi connectivity index (χ0n) is 15.3. The number of halogens is 2. The molecule has 0 aliphatic heterocycles. The van der Waals surface area contributed by atoms with Crippen LogP contribution in [0.1, 0.15) is 22.8 Å². The van der Waals surface area contributed by atoms with Crippen LogP contribution in [-0.4, -0.2) is 38.9 Å². The molecule has 0 spiro atoms. The number of hydrogen-bond acceptors (Lipinski definition) is 7. The summed E-state index contributed by atoms with van der Waals surface area (Å²) in [7, 11) is -2.87. The molecule has 13 heteroatoms. The first kappa shape index (κ1) is 22.0. The van der Waals surface area contributed by atoms with E-state index in [1.165, 1.54) is 20.1 Å². The molecule has 1 heterocycles. The molecule has 0 aliphatic carbocycles. The summed E-state index contributed by atoms with van der Waals surface area (Å²) >= 11 is 0. The Hall–Kier alpha value is -3.32. The molecule has 0 atom stereocenters. The number of pyridine rings is 1. The lowest BCUT2D eigenvalue weighted by molar-refractivity contribution is 0.101. The van der Waals surface area contributed by atoms with E-state index in [9.17, 15) is 22.0 Å². The molecule has 0 aliphatic rings. The van der Waals surface area contributed by atoms with Crippen LogP contribution in [-0.2, 0) is 14.9 Å². The van der Waals surface area contributed by atoms with Crippen LogP contribution in [0, 0.1) is 17.0 Å². The number of hydrogen-bond donors (Lipinski definition) is 5. The van der Waals surface area contributed by atoms with Crippen LogP contribution in [0.2, 0.25) is 0 Å². The number of benzene rings is 1. The molecule has 0 unspecified atom stereocenters. The highest BCUT2D eigenvalue weighted by molar-refractivity contribution is 7.90. The van der Waals surface area contributed by atoms with Gasteiger partial charge in [-0.2, -0.15) is 13.1 Å². The molecule has 1 amide bonds. The van der Waals surface area contributed by atoms with E-state index in [1.54, 1.807) is 0 Å². The minimum atomic E-state index is -4.10. The van der Waals surface area contributed by atoms with Crippen LogP contribution in [0.5, 0.6) is 0 Å². The van der Waals surface area contributed by atoms with Gasteiger partial charge in [0.1, 0.15) is 17.2 Å². The Morgan fingerprint density at radius 3 is 2.66 bits per heavy atom. The Kier molecular flexibility index (Phi) is 6.66. The van der Waals surface area contributed by atoms with Gasteiger partial charge in [0, 0.05) is 6.54 Å². The number of nitrogens with one attached hydrogen (secondary N) is 4. The Morgan fingerprint density at radius 1 is 1.34 bits per heavy atom. The molecule has 0 bridgehead atoms. The van der Waals surface area contributed by atoms with Gasteiger partial charge in [0.05, 0.1) is 30.2 Å². The second kappa shape index (κ2) is 8.79. The van der Waals surface area contributed by atoms with Crippen molar-refractivity contribution in [3.05, 3.63) is 47.2 Å². The summed E-state index contributed by atoms with van der Waals surface area (Å²) in [6.07, 6.45) is 1.12. The van der Waals surface area contributed by atoms with Crippen molar-refractivity contribution in [1.82, 2.24) is 9.71 Å². The summed E-state index contributed by atoms with van der Waals surface area (Å²) in [5.74, 6) is -4.20. The third-order valence-corrected chi connectivity index (χ3v) is 4.68. The number of carbonyl (C=O) groups is 1. The van der Waals surface area contributed by atoms with Crippen molar-refractivity contribution >= 4 is 39.2 Å². The summed E-state index contributed by atoms with van der Waals surface area (Å²) in [6, 6.07) is 2.83. The smallest absolute Gasteiger partial charge is 0.299 e. The lowest BCUT2D eigenvalue weighted by Crippen LogP contribution is -2.30. The van der Waals surface area contributed by atoms with Crippen molar-refractivity contribution in [3.8, 4) is 0 Å². The number of anilines is 3. The fourth-order valence-corrected chi connectivity index (χ4v) is 3.14. The highest BCUT2D eigenvalue weighted by Crippen LogP contribution is 2.24. The van der Waals surface area contributed by atoms with Crippen LogP contribution in [0.3, 0.4) is 0 Å². The van der Waals surface area contributed by atoms with Crippen molar-refractivity contribution in [2.75, 3.05) is 29.4 Å². The number of nitrogen functional groups attached to an aromatic ring is 1. The lowest BCUT2D eigenvalue weighted by Gasteiger charge is -2.13. The SMILES string of the molecule is CCNS(=O)(=O)Nc1ccc(F)c(C(=O)Nc2cnc(N)c(C(=N)OC)c2)c1F. The highest BCUT2D eigenvalue weighted by Gasteiger charge is 2.23. The van der Waals surface area contributed by atoms with Gasteiger partial charge in [-0.05, 0) is 18.2 Å². The number of ether oxygens (including phenoxy) is 1. The monoisotopic (exact) mass is 428 g/mol. The van der Waals surface area contributed by atoms with Gasteiger partial charge in [-0.1, -0.05) is 6.92 Å². The summed E-state index contributed by atoms with van der Waals surface area (Å²) in [5, 5.41) is 9.85. The normalized spacial score (nSPS) is 11.0. The van der Waals surface area contributed by atoms with Gasteiger partial charge in [-0.3, -0.25) is 14.9 Å². The van der Waals surface area contributed by atoms with Crippen molar-refractivity contribution < 1.29 is 26.7 Å². The highest BCUT2D eigenvalue weighted by atomic mass is 32.2. The molecule has 0 saturated carbocycles. The average molecular weight is 428 g/mol. The number of methoxy groups -OCH3 is 1. The van der Waals surface area contributed by atoms with Crippen LogP contribution < -0.4 is 20.5 Å². The summed E-state index contributed by atoms with van der Waals surface area (Å²) in [4.78, 5) is 16.2. The molecule has 6 N–H and O–H groups in total. The molecular formula is C16H18F2N6O4S. The second-order valence-corrected chi connectivity index (χ2v) is 7.03. The van der Waals surface area contributed by atoms with Crippen molar-refractivity contribution in [2.45, 2.75) is 6.92 Å². The largest absolute Gasteiger partial charge is 0.481 e. The van der Waals surface area contributed by atoms with E-state index in [1.807, 2.05) is 4.72 Å². The maximum absolute atomic E-state index is 14.6. The molecule has 1 aromatic carbocycles. The van der Waals surface area contributed by atoms with Crippen LogP contribution in [0.4, 0.5) is 26.0 Å². The van der Waals surface area contributed by atoms with E-state index >= 15 is 0 Å². The Morgan fingerprint density at radius 2 is 2.03 bits per heavy atom. The standard InChI is InChI=1S/C16H18F2N6O4S/c1-3-22-29(26,27)24-11-5-4-10(17)12(13(11)18)16(25)23-8-6-9(15(20)28-2)14(19)21-7-8/h4-7,20,22,24H,3H2,1-2H3,(H2,19,21)(H,23,25). The Balaban J connectivity index is 2.36. The minimum absolute atomic E-state index is 0.0153. The molecule has 0 fully saturated rings. The minimum Gasteiger partial charge on any atom is -0.481 e. The predicted molar refractivity (Wildman–Crippen MR) is 103 cm³/mol. The molecule has 2 rings (SSSR count). The van der Waals surface area contributed by atoms with Crippen molar-refractivity contribution in [3.63, 3.8) is 0 Å². The first-order valence-corrected chi connectivity index (χ1v) is 9.53. The molecule has 0 saturated heterocycles. The molecule has 1 aromatic heterocycles. The molecule has 0 radical (unpaired) electrons. The van der Waals surface area contributed by atoms with E-state index in [2.05, 4.69) is 15.0 Å². The van der Waals surface area contributed by atoms with Gasteiger partial charge in [-0.15, -0.1) is 0 Å². The second-order valence-electron chi connectivity index (χ2n) is 5.53. The fourth-order valence-electron chi connectivity index (χ4n) is 2.24. The summed E-state index contributed by atoms with van der Waals surface area (Å²) in [6.45, 7) is 1.55. The van der Waals surface area contributed by atoms with Crippen LogP contribution >= 0.6 is 0 Å². The number of nitrogens with two attached hydrogens (primary N) is 1. The van der Waals surface area contributed by atoms with Gasteiger partial charge in [0.15, 0.2) is 5.82 Å². The van der Waals surface area contributed by atoms with Gasteiger partial charge >= 0.3 is 0 Å². The number of amides is 1. The summed E-state index contributed by atoms with van der Waals surface area (Å²) in [5.41, 5.74) is 4.03. The first-order valence-electron chi connectivity index (χ1n) is 8.04. The fraction of sp³-hybridized carbons (Fsp3) is 0.188.